The molecule has 138 valence electrons. The zero-order valence-electron chi connectivity index (χ0n) is 14.8. The summed E-state index contributed by atoms with van der Waals surface area (Å²) in [6.07, 6.45) is -0.344. The second kappa shape index (κ2) is 16.8. The number of ether oxygens (including phenoxy) is 3. The number of Topliss-reactive ketones (excluding diaryl/α,β-unsaturated/α-hetero) is 3. The molecule has 0 amide bonds. The Hall–Kier alpha value is -2.58. The monoisotopic (exact) mass is 348 g/mol. The summed E-state index contributed by atoms with van der Waals surface area (Å²) < 4.78 is 12.6. The standard InChI is InChI=1S/C5H8O4.C5H8O3.C5H8O2/c1-8-4(6)3-5(7)9-2;1-4(6)3-5(7)8-2;1-4(6)3-5(2)7/h3H2,1-2H3;3H2,1-2H3;3H2,1-2H3. The molecule has 0 aromatic rings. The molecular formula is C15H24O9. The number of esters is 3. The first-order chi connectivity index (χ1) is 11.0. The van der Waals surface area contributed by atoms with Gasteiger partial charge >= 0.3 is 17.9 Å². The predicted octanol–water partition coefficient (Wildman–Crippen LogP) is 0.415. The Morgan fingerprint density at radius 1 is 0.500 bits per heavy atom. The van der Waals surface area contributed by atoms with Crippen molar-refractivity contribution < 1.29 is 43.0 Å². The van der Waals surface area contributed by atoms with Crippen LogP contribution in [0.3, 0.4) is 0 Å². The van der Waals surface area contributed by atoms with E-state index >= 15 is 0 Å². The minimum Gasteiger partial charge on any atom is -0.469 e. The van der Waals surface area contributed by atoms with Crippen molar-refractivity contribution in [3.8, 4) is 0 Å². The van der Waals surface area contributed by atoms with Gasteiger partial charge in [0.25, 0.3) is 0 Å². The summed E-state index contributed by atoms with van der Waals surface area (Å²) in [5.74, 6) is -1.93. The lowest BCUT2D eigenvalue weighted by molar-refractivity contribution is -0.151. The van der Waals surface area contributed by atoms with Gasteiger partial charge in [0.2, 0.25) is 0 Å². The highest BCUT2D eigenvalue weighted by Crippen LogP contribution is 1.85. The minimum atomic E-state index is -0.582. The Balaban J connectivity index is -0.000000278. The largest absolute Gasteiger partial charge is 0.469 e. The second-order valence-electron chi connectivity index (χ2n) is 4.36. The fourth-order valence-electron chi connectivity index (χ4n) is 0.888. The summed E-state index contributed by atoms with van der Waals surface area (Å²) in [6.45, 7) is 4.15. The van der Waals surface area contributed by atoms with Gasteiger partial charge in [-0.2, -0.15) is 0 Å². The van der Waals surface area contributed by atoms with E-state index in [0.29, 0.717) is 0 Å². The lowest BCUT2D eigenvalue weighted by atomic mass is 10.2. The predicted molar refractivity (Wildman–Crippen MR) is 81.9 cm³/mol. The van der Waals surface area contributed by atoms with Gasteiger partial charge in [0.1, 0.15) is 30.2 Å². The Kier molecular flexibility index (Phi) is 18.4. The number of carbonyl (C=O) groups is 6. The van der Waals surface area contributed by atoms with E-state index in [1.54, 1.807) is 0 Å². The van der Waals surface area contributed by atoms with E-state index in [-0.39, 0.29) is 36.6 Å². The van der Waals surface area contributed by atoms with Crippen molar-refractivity contribution >= 4 is 35.3 Å². The third kappa shape index (κ3) is 27.7. The summed E-state index contributed by atoms with van der Waals surface area (Å²) in [4.78, 5) is 60.9. The molecule has 0 saturated carbocycles. The maximum atomic E-state index is 10.3. The Morgan fingerprint density at radius 2 is 0.750 bits per heavy atom. The topological polar surface area (TPSA) is 130 Å². The molecule has 0 N–H and O–H groups in total. The van der Waals surface area contributed by atoms with Gasteiger partial charge in [0.05, 0.1) is 27.8 Å². The van der Waals surface area contributed by atoms with Crippen molar-refractivity contribution in [2.24, 2.45) is 0 Å². The Bertz CT molecular complexity index is 426. The molecule has 0 heterocycles. The molecule has 0 aliphatic heterocycles. The van der Waals surface area contributed by atoms with Gasteiger partial charge in [-0.15, -0.1) is 0 Å². The highest BCUT2D eigenvalue weighted by molar-refractivity contribution is 5.96. The first kappa shape index (κ1) is 26.3. The molecule has 0 aliphatic carbocycles. The van der Waals surface area contributed by atoms with Crippen molar-refractivity contribution in [3.63, 3.8) is 0 Å². The lowest BCUT2D eigenvalue weighted by Gasteiger charge is -1.95. The molecule has 0 saturated heterocycles. The summed E-state index contributed by atoms with van der Waals surface area (Å²) in [7, 11) is 3.68. The average Bonchev–Trinajstić information content (AvgIpc) is 2.45. The molecule has 0 radical (unpaired) electrons. The third-order valence-corrected chi connectivity index (χ3v) is 1.86. The van der Waals surface area contributed by atoms with E-state index in [1.807, 2.05) is 0 Å². The van der Waals surface area contributed by atoms with Crippen molar-refractivity contribution in [2.45, 2.75) is 40.0 Å². The van der Waals surface area contributed by atoms with Gasteiger partial charge in [-0.3, -0.25) is 28.8 Å². The molecule has 0 bridgehead atoms. The molecule has 0 spiro atoms. The van der Waals surface area contributed by atoms with Crippen LogP contribution in [-0.4, -0.2) is 56.6 Å². The highest BCUT2D eigenvalue weighted by Gasteiger charge is 2.07. The molecule has 0 rings (SSSR count). The minimum absolute atomic E-state index is 0.0625. The Morgan fingerprint density at radius 3 is 0.875 bits per heavy atom. The van der Waals surface area contributed by atoms with Crippen LogP contribution in [0.2, 0.25) is 0 Å². The van der Waals surface area contributed by atoms with Gasteiger partial charge in [-0.25, -0.2) is 0 Å². The van der Waals surface area contributed by atoms with Crippen LogP contribution >= 0.6 is 0 Å². The van der Waals surface area contributed by atoms with E-state index in [0.717, 1.165) is 0 Å². The fraction of sp³-hybridized carbons (Fsp3) is 0.600. The molecular weight excluding hydrogens is 324 g/mol. The lowest BCUT2D eigenvalue weighted by Crippen LogP contribution is -2.09. The molecule has 0 aromatic heterocycles. The zero-order valence-corrected chi connectivity index (χ0v) is 14.8. The van der Waals surface area contributed by atoms with E-state index in [4.69, 9.17) is 0 Å². The second-order valence-corrected chi connectivity index (χ2v) is 4.36. The fourth-order valence-corrected chi connectivity index (χ4v) is 0.888. The molecule has 0 fully saturated rings. The number of rotatable bonds is 6. The number of carbonyl (C=O) groups excluding carboxylic acids is 6. The first-order valence-electron chi connectivity index (χ1n) is 6.68. The average molecular weight is 348 g/mol. The highest BCUT2D eigenvalue weighted by atomic mass is 16.5. The maximum absolute atomic E-state index is 10.3. The van der Waals surface area contributed by atoms with Crippen LogP contribution in [0.5, 0.6) is 0 Å². The van der Waals surface area contributed by atoms with E-state index in [9.17, 15) is 28.8 Å². The summed E-state index contributed by atoms with van der Waals surface area (Å²) in [6, 6.07) is 0. The summed E-state index contributed by atoms with van der Waals surface area (Å²) in [5, 5.41) is 0. The van der Waals surface area contributed by atoms with Crippen LogP contribution in [-0.2, 0) is 43.0 Å². The van der Waals surface area contributed by atoms with Gasteiger partial charge < -0.3 is 14.2 Å². The van der Waals surface area contributed by atoms with Crippen LogP contribution in [0.25, 0.3) is 0 Å². The molecule has 9 nitrogen and oxygen atoms in total. The van der Waals surface area contributed by atoms with Gasteiger partial charge in [0, 0.05) is 0 Å². The first-order valence-corrected chi connectivity index (χ1v) is 6.68. The smallest absolute Gasteiger partial charge is 0.316 e. The number of ketones is 3. The van der Waals surface area contributed by atoms with Crippen LogP contribution in [0.1, 0.15) is 40.0 Å². The molecule has 0 unspecified atom stereocenters. The van der Waals surface area contributed by atoms with Crippen molar-refractivity contribution in [1.82, 2.24) is 0 Å². The van der Waals surface area contributed by atoms with Crippen LogP contribution in [0.15, 0.2) is 0 Å². The molecule has 0 atom stereocenters. The SMILES string of the molecule is CC(=O)CC(C)=O.COC(=O)CC(=O)OC.COC(=O)CC(C)=O. The van der Waals surface area contributed by atoms with Gasteiger partial charge in [-0.05, 0) is 20.8 Å². The van der Waals surface area contributed by atoms with E-state index in [1.165, 1.54) is 42.1 Å². The molecule has 24 heavy (non-hydrogen) atoms. The van der Waals surface area contributed by atoms with Gasteiger partial charge in [-0.1, -0.05) is 0 Å². The molecule has 9 heteroatoms. The number of hydrogen-bond donors (Lipinski definition) is 0. The Labute approximate surface area is 140 Å². The van der Waals surface area contributed by atoms with E-state index in [2.05, 4.69) is 14.2 Å². The van der Waals surface area contributed by atoms with E-state index < -0.39 is 17.9 Å². The molecule has 0 aromatic carbocycles. The maximum Gasteiger partial charge on any atom is 0.316 e. The number of methoxy groups -OCH3 is 3. The normalized spacial score (nSPS) is 8.25. The summed E-state index contributed by atoms with van der Waals surface area (Å²) >= 11 is 0. The molecule has 0 aliphatic rings. The van der Waals surface area contributed by atoms with Crippen molar-refractivity contribution in [1.29, 1.82) is 0 Å². The third-order valence-electron chi connectivity index (χ3n) is 1.86. The summed E-state index contributed by atoms with van der Waals surface area (Å²) in [5.41, 5.74) is 0. The van der Waals surface area contributed by atoms with Crippen LogP contribution in [0, 0.1) is 0 Å². The van der Waals surface area contributed by atoms with Crippen molar-refractivity contribution in [2.75, 3.05) is 21.3 Å². The number of hydrogen-bond acceptors (Lipinski definition) is 9. The van der Waals surface area contributed by atoms with Crippen molar-refractivity contribution in [3.05, 3.63) is 0 Å². The quantitative estimate of drug-likeness (QED) is 0.380. The van der Waals surface area contributed by atoms with Crippen LogP contribution < -0.4 is 0 Å². The van der Waals surface area contributed by atoms with Gasteiger partial charge in [0.15, 0.2) is 0 Å². The zero-order chi connectivity index (χ0) is 19.7. The van der Waals surface area contributed by atoms with Crippen LogP contribution in [0.4, 0.5) is 0 Å².